The maximum Gasteiger partial charge on any atom is 0.310 e. The lowest BCUT2D eigenvalue weighted by molar-refractivity contribution is 0.228. The minimum absolute atomic E-state index is 0.0321. The van der Waals surface area contributed by atoms with Crippen LogP contribution in [0.15, 0.2) is 83.2 Å². The van der Waals surface area contributed by atoms with Crippen LogP contribution in [0.2, 0.25) is 0 Å². The van der Waals surface area contributed by atoms with Crippen molar-refractivity contribution in [2.75, 3.05) is 12.3 Å². The Morgan fingerprint density at radius 1 is 1.06 bits per heavy atom. The summed E-state index contributed by atoms with van der Waals surface area (Å²) in [5.74, 6) is 0.666. The Kier molecular flexibility index (Phi) is 6.33. The molecular formula is C24H23N3O3S. The molecule has 0 aliphatic rings. The highest BCUT2D eigenvalue weighted by Crippen LogP contribution is 2.26. The van der Waals surface area contributed by atoms with Crippen LogP contribution in [0, 0.1) is 0 Å². The molecule has 2 heterocycles. The van der Waals surface area contributed by atoms with Gasteiger partial charge in [-0.15, -0.1) is 0 Å². The summed E-state index contributed by atoms with van der Waals surface area (Å²) >= 11 is 0.985. The van der Waals surface area contributed by atoms with Crippen LogP contribution in [-0.4, -0.2) is 21.3 Å². The summed E-state index contributed by atoms with van der Waals surface area (Å²) in [6.07, 6.45) is 4.89. The SMILES string of the molecule is Nc1cccc(-c2ccc(OCC(CCc3ccncc3)n3c(O)csc3=O)cc2)c1. The number of hydrogen-bond acceptors (Lipinski definition) is 6. The summed E-state index contributed by atoms with van der Waals surface area (Å²) < 4.78 is 7.41. The number of anilines is 1. The molecule has 0 spiro atoms. The van der Waals surface area contributed by atoms with Crippen LogP contribution in [0.25, 0.3) is 11.1 Å². The molecule has 7 heteroatoms. The van der Waals surface area contributed by atoms with Crippen molar-refractivity contribution < 1.29 is 9.84 Å². The molecule has 4 rings (SSSR count). The first-order valence-electron chi connectivity index (χ1n) is 9.97. The van der Waals surface area contributed by atoms with Crippen LogP contribution < -0.4 is 15.3 Å². The van der Waals surface area contributed by atoms with E-state index in [-0.39, 0.29) is 23.4 Å². The van der Waals surface area contributed by atoms with Gasteiger partial charge in [-0.1, -0.05) is 35.6 Å². The Morgan fingerprint density at radius 3 is 2.52 bits per heavy atom. The minimum atomic E-state index is -0.291. The van der Waals surface area contributed by atoms with Crippen LogP contribution in [0.4, 0.5) is 5.69 Å². The second-order valence-corrected chi connectivity index (χ2v) is 8.06. The van der Waals surface area contributed by atoms with Gasteiger partial charge in [-0.3, -0.25) is 14.3 Å². The van der Waals surface area contributed by atoms with Gasteiger partial charge in [-0.25, -0.2) is 0 Å². The normalized spacial score (nSPS) is 11.9. The number of aryl methyl sites for hydroxylation is 1. The molecular weight excluding hydrogens is 410 g/mol. The second-order valence-electron chi connectivity index (χ2n) is 7.24. The van der Waals surface area contributed by atoms with Gasteiger partial charge < -0.3 is 15.6 Å². The zero-order valence-corrected chi connectivity index (χ0v) is 17.7. The maximum atomic E-state index is 12.3. The lowest BCUT2D eigenvalue weighted by Gasteiger charge is -2.19. The summed E-state index contributed by atoms with van der Waals surface area (Å²) in [7, 11) is 0. The molecule has 158 valence electrons. The number of pyridine rings is 1. The van der Waals surface area contributed by atoms with E-state index in [2.05, 4.69) is 4.98 Å². The zero-order valence-electron chi connectivity index (χ0n) is 16.8. The number of nitrogens with two attached hydrogens (primary N) is 1. The fourth-order valence-corrected chi connectivity index (χ4v) is 4.15. The van der Waals surface area contributed by atoms with Gasteiger partial charge in [0.1, 0.15) is 12.4 Å². The molecule has 1 unspecified atom stereocenters. The van der Waals surface area contributed by atoms with E-state index in [4.69, 9.17) is 10.5 Å². The molecule has 1 atom stereocenters. The van der Waals surface area contributed by atoms with Gasteiger partial charge in [-0.2, -0.15) is 0 Å². The number of hydrogen-bond donors (Lipinski definition) is 2. The number of aromatic nitrogens is 2. The van der Waals surface area contributed by atoms with Crippen molar-refractivity contribution in [3.8, 4) is 22.8 Å². The topological polar surface area (TPSA) is 90.4 Å². The molecule has 4 aromatic rings. The predicted molar refractivity (Wildman–Crippen MR) is 124 cm³/mol. The Balaban J connectivity index is 1.47. The number of nitrogens with zero attached hydrogens (tertiary/aromatic N) is 2. The standard InChI is InChI=1S/C24H23N3O3S/c25-20-3-1-2-19(14-20)18-5-8-22(9-6-18)30-15-21(27-23(28)16-31-24(27)29)7-4-17-10-12-26-13-11-17/h1-3,5-6,8-14,16,21,28H,4,7,15,25H2. The number of rotatable bonds is 8. The minimum Gasteiger partial charge on any atom is -0.494 e. The number of nitrogen functional groups attached to an aromatic ring is 1. The average Bonchev–Trinajstić information content (AvgIpc) is 3.13. The average molecular weight is 434 g/mol. The Labute approximate surface area is 184 Å². The summed E-state index contributed by atoms with van der Waals surface area (Å²) in [4.78, 5) is 16.1. The zero-order chi connectivity index (χ0) is 21.6. The molecule has 0 bridgehead atoms. The maximum absolute atomic E-state index is 12.3. The smallest absolute Gasteiger partial charge is 0.310 e. The Hall–Kier alpha value is -3.58. The molecule has 0 saturated carbocycles. The fraction of sp³-hybridized carbons (Fsp3) is 0.167. The van der Waals surface area contributed by atoms with Crippen molar-refractivity contribution >= 4 is 17.0 Å². The van der Waals surface area contributed by atoms with Gasteiger partial charge >= 0.3 is 4.87 Å². The van der Waals surface area contributed by atoms with Crippen molar-refractivity contribution in [3.63, 3.8) is 0 Å². The van der Waals surface area contributed by atoms with Crippen molar-refractivity contribution in [2.24, 2.45) is 0 Å². The fourth-order valence-electron chi connectivity index (χ4n) is 3.47. The third-order valence-corrected chi connectivity index (χ3v) is 5.83. The molecule has 0 saturated heterocycles. The highest BCUT2D eigenvalue weighted by Gasteiger charge is 2.18. The molecule has 6 nitrogen and oxygen atoms in total. The largest absolute Gasteiger partial charge is 0.494 e. The van der Waals surface area contributed by atoms with Gasteiger partial charge in [-0.05, 0) is 65.9 Å². The highest BCUT2D eigenvalue weighted by molar-refractivity contribution is 7.07. The summed E-state index contributed by atoms with van der Waals surface area (Å²) in [5, 5.41) is 11.6. The first-order chi connectivity index (χ1) is 15.1. The van der Waals surface area contributed by atoms with E-state index >= 15 is 0 Å². The van der Waals surface area contributed by atoms with Gasteiger partial charge in [0, 0.05) is 18.1 Å². The first-order valence-corrected chi connectivity index (χ1v) is 10.8. The molecule has 31 heavy (non-hydrogen) atoms. The van der Waals surface area contributed by atoms with E-state index in [1.807, 2.05) is 60.7 Å². The molecule has 0 radical (unpaired) electrons. The molecule has 0 aliphatic carbocycles. The molecule has 2 aromatic carbocycles. The Bertz CT molecular complexity index is 1190. The molecule has 3 N–H and O–H groups in total. The lowest BCUT2D eigenvalue weighted by atomic mass is 10.1. The van der Waals surface area contributed by atoms with Crippen molar-refractivity contribution in [1.82, 2.24) is 9.55 Å². The van der Waals surface area contributed by atoms with Crippen molar-refractivity contribution in [1.29, 1.82) is 0 Å². The van der Waals surface area contributed by atoms with Gasteiger partial charge in [0.25, 0.3) is 0 Å². The van der Waals surface area contributed by atoms with E-state index in [1.165, 1.54) is 9.95 Å². The van der Waals surface area contributed by atoms with Crippen molar-refractivity contribution in [2.45, 2.75) is 18.9 Å². The van der Waals surface area contributed by atoms with E-state index in [1.54, 1.807) is 12.4 Å². The number of ether oxygens (including phenoxy) is 1. The summed E-state index contributed by atoms with van der Waals surface area (Å²) in [5.41, 5.74) is 9.79. The van der Waals surface area contributed by atoms with E-state index < -0.39 is 0 Å². The van der Waals surface area contributed by atoms with Crippen molar-refractivity contribution in [3.05, 3.63) is 93.7 Å². The van der Waals surface area contributed by atoms with Gasteiger partial charge in [0.15, 0.2) is 0 Å². The third kappa shape index (κ3) is 5.13. The van der Waals surface area contributed by atoms with Crippen LogP contribution in [0.3, 0.4) is 0 Å². The van der Waals surface area contributed by atoms with Crippen LogP contribution in [-0.2, 0) is 6.42 Å². The lowest BCUT2D eigenvalue weighted by Crippen LogP contribution is -2.25. The monoisotopic (exact) mass is 433 g/mol. The third-order valence-electron chi connectivity index (χ3n) is 5.11. The van der Waals surface area contributed by atoms with E-state index in [0.717, 1.165) is 40.1 Å². The van der Waals surface area contributed by atoms with Gasteiger partial charge in [0.2, 0.25) is 5.88 Å². The number of aromatic hydroxyl groups is 1. The van der Waals surface area contributed by atoms with Crippen LogP contribution >= 0.6 is 11.3 Å². The molecule has 0 fully saturated rings. The van der Waals surface area contributed by atoms with Crippen LogP contribution in [0.5, 0.6) is 11.6 Å². The summed E-state index contributed by atoms with van der Waals surface area (Å²) in [6, 6.07) is 19.1. The quantitative estimate of drug-likeness (QED) is 0.399. The van der Waals surface area contributed by atoms with E-state index in [9.17, 15) is 9.90 Å². The van der Waals surface area contributed by atoms with Crippen LogP contribution in [0.1, 0.15) is 18.0 Å². The molecule has 0 aliphatic heterocycles. The Morgan fingerprint density at radius 2 is 1.84 bits per heavy atom. The molecule has 0 amide bonds. The van der Waals surface area contributed by atoms with E-state index in [0.29, 0.717) is 12.2 Å². The predicted octanol–water partition coefficient (Wildman–Crippen LogP) is 4.51. The summed E-state index contributed by atoms with van der Waals surface area (Å²) in [6.45, 7) is 0.271. The number of benzene rings is 2. The first kappa shape index (κ1) is 20.7. The van der Waals surface area contributed by atoms with Gasteiger partial charge in [0.05, 0.1) is 11.4 Å². The molecule has 2 aromatic heterocycles. The highest BCUT2D eigenvalue weighted by atomic mass is 32.1. The second kappa shape index (κ2) is 9.49. The number of thiazole rings is 1.